The molecule has 0 unspecified atom stereocenters. The summed E-state index contributed by atoms with van der Waals surface area (Å²) in [6.07, 6.45) is 2.16. The van der Waals surface area contributed by atoms with Crippen molar-refractivity contribution in [2.75, 3.05) is 13.1 Å². The number of ether oxygens (including phenoxy) is 2. The van der Waals surface area contributed by atoms with Gasteiger partial charge in [-0.15, -0.1) is 0 Å². The Morgan fingerprint density at radius 2 is 2.00 bits per heavy atom. The molecule has 0 aromatic heterocycles. The summed E-state index contributed by atoms with van der Waals surface area (Å²) in [5.41, 5.74) is 1.03. The minimum atomic E-state index is -0.383. The third-order valence-corrected chi connectivity index (χ3v) is 5.32. The van der Waals surface area contributed by atoms with Crippen LogP contribution in [0.4, 0.5) is 0 Å². The summed E-state index contributed by atoms with van der Waals surface area (Å²) in [5, 5.41) is 13.9. The van der Waals surface area contributed by atoms with Crippen molar-refractivity contribution < 1.29 is 14.6 Å². The van der Waals surface area contributed by atoms with E-state index in [1.165, 1.54) is 5.56 Å². The maximum atomic E-state index is 10.4. The molecule has 4 nitrogen and oxygen atoms in total. The van der Waals surface area contributed by atoms with Crippen molar-refractivity contribution in [3.63, 3.8) is 0 Å². The van der Waals surface area contributed by atoms with Crippen LogP contribution in [-0.2, 0) is 6.42 Å². The van der Waals surface area contributed by atoms with Crippen LogP contribution in [0.25, 0.3) is 0 Å². The predicted molar refractivity (Wildman–Crippen MR) is 84.4 cm³/mol. The van der Waals surface area contributed by atoms with Crippen molar-refractivity contribution in [1.29, 1.82) is 0 Å². The fourth-order valence-corrected chi connectivity index (χ4v) is 4.23. The smallest absolute Gasteiger partial charge is 0.165 e. The highest BCUT2D eigenvalue weighted by atomic mass is 16.5. The maximum absolute atomic E-state index is 10.4. The molecule has 4 heteroatoms. The van der Waals surface area contributed by atoms with Crippen LogP contribution in [-0.4, -0.2) is 36.0 Å². The summed E-state index contributed by atoms with van der Waals surface area (Å²) in [6, 6.07) is 6.09. The number of aliphatic hydroxyl groups is 1. The third kappa shape index (κ3) is 2.48. The first-order valence-electron chi connectivity index (χ1n) is 8.38. The highest BCUT2D eigenvalue weighted by Crippen LogP contribution is 2.43. The Balaban J connectivity index is 1.54. The van der Waals surface area contributed by atoms with Gasteiger partial charge in [-0.3, -0.25) is 0 Å². The molecule has 1 saturated heterocycles. The molecule has 0 radical (unpaired) electrons. The molecular formula is C18H25NO3. The Bertz CT molecular complexity index is 571. The van der Waals surface area contributed by atoms with Gasteiger partial charge in [0.2, 0.25) is 0 Å². The summed E-state index contributed by atoms with van der Waals surface area (Å²) >= 11 is 0. The van der Waals surface area contributed by atoms with Gasteiger partial charge in [0.05, 0.1) is 6.10 Å². The molecule has 1 aromatic rings. The lowest BCUT2D eigenvalue weighted by Gasteiger charge is -2.35. The van der Waals surface area contributed by atoms with E-state index in [1.54, 1.807) is 0 Å². The maximum Gasteiger partial charge on any atom is 0.165 e. The van der Waals surface area contributed by atoms with Gasteiger partial charge in [-0.25, -0.2) is 0 Å². The number of fused-ring (bicyclic) bond motifs is 2. The molecule has 2 aliphatic heterocycles. The highest BCUT2D eigenvalue weighted by Gasteiger charge is 2.41. The lowest BCUT2D eigenvalue weighted by atomic mass is 9.78. The molecule has 1 saturated carbocycles. The molecule has 4 rings (SSSR count). The van der Waals surface area contributed by atoms with Gasteiger partial charge in [0, 0.05) is 12.0 Å². The molecule has 1 aliphatic carbocycles. The van der Waals surface area contributed by atoms with E-state index in [4.69, 9.17) is 9.47 Å². The van der Waals surface area contributed by atoms with E-state index in [1.807, 2.05) is 12.1 Å². The van der Waals surface area contributed by atoms with Gasteiger partial charge >= 0.3 is 0 Å². The van der Waals surface area contributed by atoms with Crippen LogP contribution < -0.4 is 14.8 Å². The number of para-hydroxylation sites is 1. The lowest BCUT2D eigenvalue weighted by molar-refractivity contribution is -0.0249. The van der Waals surface area contributed by atoms with Gasteiger partial charge in [0.25, 0.3) is 0 Å². The summed E-state index contributed by atoms with van der Waals surface area (Å²) < 4.78 is 12.3. The molecule has 2 fully saturated rings. The Morgan fingerprint density at radius 1 is 1.23 bits per heavy atom. The first-order chi connectivity index (χ1) is 10.5. The fraction of sp³-hybridized carbons (Fsp3) is 0.667. The van der Waals surface area contributed by atoms with Crippen LogP contribution in [0.15, 0.2) is 18.2 Å². The van der Waals surface area contributed by atoms with E-state index in [9.17, 15) is 5.11 Å². The second-order valence-electron chi connectivity index (χ2n) is 7.66. The van der Waals surface area contributed by atoms with E-state index in [0.29, 0.717) is 11.8 Å². The first-order valence-corrected chi connectivity index (χ1v) is 8.38. The van der Waals surface area contributed by atoms with Gasteiger partial charge in [0.15, 0.2) is 11.5 Å². The number of rotatable bonds is 2. The van der Waals surface area contributed by atoms with Gasteiger partial charge < -0.3 is 19.9 Å². The standard InChI is InChI=1S/C18H25NO3/c1-18(2)8-11-4-3-5-15(17(11)22-18)21-16-7-13-10-19-9-12(13)6-14(16)20/h3-5,12-14,16,19-20H,6-10H2,1-2H3/t12-,13+,14+,16+/m0/s1. The van der Waals surface area contributed by atoms with E-state index in [2.05, 4.69) is 25.2 Å². The molecule has 0 amide bonds. The zero-order chi connectivity index (χ0) is 15.3. The Morgan fingerprint density at radius 3 is 2.82 bits per heavy atom. The second-order valence-corrected chi connectivity index (χ2v) is 7.66. The predicted octanol–water partition coefficient (Wildman–Crippen LogP) is 2.14. The topological polar surface area (TPSA) is 50.7 Å². The lowest BCUT2D eigenvalue weighted by Crippen LogP contribution is -2.42. The quantitative estimate of drug-likeness (QED) is 0.879. The van der Waals surface area contributed by atoms with E-state index < -0.39 is 0 Å². The van der Waals surface area contributed by atoms with Gasteiger partial charge in [-0.05, 0) is 57.7 Å². The number of benzene rings is 1. The van der Waals surface area contributed by atoms with Crippen molar-refractivity contribution >= 4 is 0 Å². The Hall–Kier alpha value is -1.26. The van der Waals surface area contributed by atoms with Crippen LogP contribution in [0.3, 0.4) is 0 Å². The summed E-state index contributed by atoms with van der Waals surface area (Å²) in [4.78, 5) is 0. The third-order valence-electron chi connectivity index (χ3n) is 5.32. The summed E-state index contributed by atoms with van der Waals surface area (Å²) in [6.45, 7) is 6.28. The Labute approximate surface area is 131 Å². The fourth-order valence-electron chi connectivity index (χ4n) is 4.23. The van der Waals surface area contributed by atoms with Gasteiger partial charge in [-0.1, -0.05) is 12.1 Å². The molecule has 3 aliphatic rings. The molecular weight excluding hydrogens is 278 g/mol. The summed E-state index contributed by atoms with van der Waals surface area (Å²) in [7, 11) is 0. The molecule has 0 bridgehead atoms. The monoisotopic (exact) mass is 303 g/mol. The largest absolute Gasteiger partial charge is 0.484 e. The van der Waals surface area contributed by atoms with Crippen molar-refractivity contribution in [2.45, 2.75) is 50.9 Å². The Kier molecular flexibility index (Phi) is 3.35. The first kappa shape index (κ1) is 14.3. The number of aliphatic hydroxyl groups excluding tert-OH is 1. The average molecular weight is 303 g/mol. The molecule has 2 heterocycles. The van der Waals surface area contributed by atoms with Crippen molar-refractivity contribution in [1.82, 2.24) is 5.32 Å². The number of hydrogen-bond donors (Lipinski definition) is 2. The minimum absolute atomic E-state index is 0.125. The SMILES string of the molecule is CC1(C)Cc2cccc(O[C@@H]3C[C@@H]4CNC[C@@H]4C[C@H]3O)c2O1. The van der Waals surface area contributed by atoms with E-state index in [0.717, 1.165) is 43.9 Å². The minimum Gasteiger partial charge on any atom is -0.484 e. The number of hydrogen-bond acceptors (Lipinski definition) is 4. The van der Waals surface area contributed by atoms with Gasteiger partial charge in [-0.2, -0.15) is 0 Å². The van der Waals surface area contributed by atoms with Crippen LogP contribution in [0.1, 0.15) is 32.3 Å². The molecule has 2 N–H and O–H groups in total. The van der Waals surface area contributed by atoms with Crippen molar-refractivity contribution in [3.8, 4) is 11.5 Å². The van der Waals surface area contributed by atoms with Crippen molar-refractivity contribution in [2.24, 2.45) is 11.8 Å². The molecule has 4 atom stereocenters. The molecule has 0 spiro atoms. The molecule has 22 heavy (non-hydrogen) atoms. The second kappa shape index (κ2) is 5.14. The average Bonchev–Trinajstić information content (AvgIpc) is 3.01. The van der Waals surface area contributed by atoms with Crippen LogP contribution in [0, 0.1) is 11.8 Å². The van der Waals surface area contributed by atoms with E-state index >= 15 is 0 Å². The van der Waals surface area contributed by atoms with Crippen LogP contribution >= 0.6 is 0 Å². The number of nitrogens with one attached hydrogen (secondary N) is 1. The molecule has 1 aromatic carbocycles. The molecule has 120 valence electrons. The van der Waals surface area contributed by atoms with Crippen LogP contribution in [0.2, 0.25) is 0 Å². The highest BCUT2D eigenvalue weighted by molar-refractivity contribution is 5.50. The zero-order valence-electron chi connectivity index (χ0n) is 13.3. The van der Waals surface area contributed by atoms with Crippen LogP contribution in [0.5, 0.6) is 11.5 Å². The van der Waals surface area contributed by atoms with Gasteiger partial charge in [0.1, 0.15) is 11.7 Å². The van der Waals surface area contributed by atoms with Crippen molar-refractivity contribution in [3.05, 3.63) is 23.8 Å². The zero-order valence-corrected chi connectivity index (χ0v) is 13.3. The summed E-state index contributed by atoms with van der Waals surface area (Å²) in [5.74, 6) is 2.89. The van der Waals surface area contributed by atoms with E-state index in [-0.39, 0.29) is 17.8 Å². The normalized spacial score (nSPS) is 35.6.